The second kappa shape index (κ2) is 6.68. The molecule has 0 fully saturated rings. The predicted molar refractivity (Wildman–Crippen MR) is 79.3 cm³/mol. The van der Waals surface area contributed by atoms with Gasteiger partial charge in [0, 0.05) is 12.6 Å². The van der Waals surface area contributed by atoms with Crippen molar-refractivity contribution in [2.24, 2.45) is 12.8 Å². The van der Waals surface area contributed by atoms with Gasteiger partial charge in [-0.05, 0) is 24.6 Å². The van der Waals surface area contributed by atoms with Gasteiger partial charge in [0.2, 0.25) is 0 Å². The van der Waals surface area contributed by atoms with Crippen molar-refractivity contribution in [3.8, 4) is 11.8 Å². The summed E-state index contributed by atoms with van der Waals surface area (Å²) in [5.74, 6) is 6.06. The number of benzene rings is 1. The summed E-state index contributed by atoms with van der Waals surface area (Å²) in [6.45, 7) is 2.48. The first-order valence-electron chi connectivity index (χ1n) is 6.52. The van der Waals surface area contributed by atoms with Gasteiger partial charge in [-0.1, -0.05) is 17.9 Å². The van der Waals surface area contributed by atoms with E-state index in [0.717, 1.165) is 5.56 Å². The number of amides is 1. The molecular formula is C15H17N5O. The van der Waals surface area contributed by atoms with Crippen LogP contribution in [0.25, 0.3) is 0 Å². The summed E-state index contributed by atoms with van der Waals surface area (Å²) in [5.41, 5.74) is 7.62. The summed E-state index contributed by atoms with van der Waals surface area (Å²) in [5, 5.41) is 6.90. The normalized spacial score (nSPS) is 9.86. The second-order valence-corrected chi connectivity index (χ2v) is 4.57. The summed E-state index contributed by atoms with van der Waals surface area (Å²) in [6, 6.07) is 5.51. The first-order valence-corrected chi connectivity index (χ1v) is 6.52. The van der Waals surface area contributed by atoms with Crippen LogP contribution in [0.3, 0.4) is 0 Å². The molecule has 0 saturated heterocycles. The number of hydrogen-bond acceptors (Lipinski definition) is 4. The molecule has 6 nitrogen and oxygen atoms in total. The summed E-state index contributed by atoms with van der Waals surface area (Å²) in [7, 11) is 1.78. The molecule has 0 atom stereocenters. The third-order valence-corrected chi connectivity index (χ3v) is 2.80. The molecule has 3 N–H and O–H groups in total. The summed E-state index contributed by atoms with van der Waals surface area (Å²) in [4.78, 5) is 16.3. The Labute approximate surface area is 123 Å². The minimum absolute atomic E-state index is 0.205. The van der Waals surface area contributed by atoms with Crippen molar-refractivity contribution < 1.29 is 4.79 Å². The molecule has 1 amide bonds. The summed E-state index contributed by atoms with van der Waals surface area (Å²) < 4.78 is 1.59. The SMILES string of the molecule is Cc1ccc(C(=O)NCc2ncn(C)n2)c(C#CCN)c1. The molecule has 6 heteroatoms. The monoisotopic (exact) mass is 283 g/mol. The third kappa shape index (κ3) is 3.91. The number of aryl methyl sites for hydroxylation is 2. The molecule has 0 radical (unpaired) electrons. The minimum atomic E-state index is -0.205. The topological polar surface area (TPSA) is 85.8 Å². The molecule has 0 spiro atoms. The van der Waals surface area contributed by atoms with Gasteiger partial charge in [-0.3, -0.25) is 9.48 Å². The number of carbonyl (C=O) groups is 1. The minimum Gasteiger partial charge on any atom is -0.345 e. The smallest absolute Gasteiger partial charge is 0.252 e. The number of rotatable bonds is 3. The van der Waals surface area contributed by atoms with E-state index in [1.165, 1.54) is 0 Å². The second-order valence-electron chi connectivity index (χ2n) is 4.57. The van der Waals surface area contributed by atoms with Crippen LogP contribution < -0.4 is 11.1 Å². The van der Waals surface area contributed by atoms with E-state index in [0.29, 0.717) is 17.0 Å². The highest BCUT2D eigenvalue weighted by atomic mass is 16.1. The number of hydrogen-bond donors (Lipinski definition) is 2. The highest BCUT2D eigenvalue weighted by Crippen LogP contribution is 2.11. The molecular weight excluding hydrogens is 266 g/mol. The fourth-order valence-corrected chi connectivity index (χ4v) is 1.83. The van der Waals surface area contributed by atoms with Gasteiger partial charge >= 0.3 is 0 Å². The van der Waals surface area contributed by atoms with Crippen LogP contribution in [-0.2, 0) is 13.6 Å². The molecule has 2 aromatic rings. The average molecular weight is 283 g/mol. The van der Waals surface area contributed by atoms with Gasteiger partial charge in [0.15, 0.2) is 5.82 Å². The quantitative estimate of drug-likeness (QED) is 0.797. The third-order valence-electron chi connectivity index (χ3n) is 2.80. The lowest BCUT2D eigenvalue weighted by Gasteiger charge is -2.06. The molecule has 2 rings (SSSR count). The molecule has 0 unspecified atom stereocenters. The van der Waals surface area contributed by atoms with E-state index < -0.39 is 0 Å². The molecule has 108 valence electrons. The van der Waals surface area contributed by atoms with Gasteiger partial charge in [0.1, 0.15) is 6.33 Å². The van der Waals surface area contributed by atoms with E-state index in [2.05, 4.69) is 27.2 Å². The Morgan fingerprint density at radius 3 is 2.95 bits per heavy atom. The van der Waals surface area contributed by atoms with Crippen LogP contribution in [0, 0.1) is 18.8 Å². The zero-order chi connectivity index (χ0) is 15.2. The fourth-order valence-electron chi connectivity index (χ4n) is 1.83. The van der Waals surface area contributed by atoms with E-state index >= 15 is 0 Å². The maximum Gasteiger partial charge on any atom is 0.252 e. The zero-order valence-electron chi connectivity index (χ0n) is 12.1. The van der Waals surface area contributed by atoms with Crippen molar-refractivity contribution in [2.45, 2.75) is 13.5 Å². The molecule has 0 aliphatic carbocycles. The van der Waals surface area contributed by atoms with Crippen LogP contribution in [0.2, 0.25) is 0 Å². The molecule has 0 aliphatic heterocycles. The van der Waals surface area contributed by atoms with Gasteiger partial charge in [0.05, 0.1) is 18.7 Å². The number of nitrogens with two attached hydrogens (primary N) is 1. The standard InChI is InChI=1S/C15H17N5O/c1-11-5-6-13(12(8-11)4-3-7-16)15(21)17-9-14-18-10-20(2)19-14/h5-6,8,10H,7,9,16H2,1-2H3,(H,17,21). The molecule has 1 aromatic carbocycles. The van der Waals surface area contributed by atoms with Crippen LogP contribution in [-0.4, -0.2) is 27.2 Å². The Kier molecular flexibility index (Phi) is 4.69. The van der Waals surface area contributed by atoms with E-state index in [1.807, 2.05) is 19.1 Å². The Bertz CT molecular complexity index is 708. The molecule has 0 bridgehead atoms. The fraction of sp³-hybridized carbons (Fsp3) is 0.267. The maximum atomic E-state index is 12.2. The van der Waals surface area contributed by atoms with Crippen molar-refractivity contribution in [3.63, 3.8) is 0 Å². The zero-order valence-corrected chi connectivity index (χ0v) is 12.1. The average Bonchev–Trinajstić information content (AvgIpc) is 2.88. The van der Waals surface area contributed by atoms with Crippen LogP contribution >= 0.6 is 0 Å². The van der Waals surface area contributed by atoms with Gasteiger partial charge in [-0.25, -0.2) is 4.98 Å². The lowest BCUT2D eigenvalue weighted by atomic mass is 10.0. The van der Waals surface area contributed by atoms with Crippen LogP contribution in [0.15, 0.2) is 24.5 Å². The lowest BCUT2D eigenvalue weighted by molar-refractivity contribution is 0.0949. The first-order chi connectivity index (χ1) is 10.1. The van der Waals surface area contributed by atoms with Crippen molar-refractivity contribution in [2.75, 3.05) is 6.54 Å². The Morgan fingerprint density at radius 2 is 2.29 bits per heavy atom. The van der Waals surface area contributed by atoms with E-state index in [9.17, 15) is 4.79 Å². The van der Waals surface area contributed by atoms with E-state index in [1.54, 1.807) is 24.1 Å². The van der Waals surface area contributed by atoms with E-state index in [-0.39, 0.29) is 19.0 Å². The molecule has 21 heavy (non-hydrogen) atoms. The van der Waals surface area contributed by atoms with Crippen molar-refractivity contribution in [1.29, 1.82) is 0 Å². The van der Waals surface area contributed by atoms with Gasteiger partial charge < -0.3 is 11.1 Å². The molecule has 0 aliphatic rings. The Hall–Kier alpha value is -2.65. The maximum absolute atomic E-state index is 12.2. The van der Waals surface area contributed by atoms with Crippen LogP contribution in [0.1, 0.15) is 27.3 Å². The van der Waals surface area contributed by atoms with Crippen LogP contribution in [0.5, 0.6) is 0 Å². The van der Waals surface area contributed by atoms with Crippen molar-refractivity contribution in [1.82, 2.24) is 20.1 Å². The molecule has 1 heterocycles. The Morgan fingerprint density at radius 1 is 1.48 bits per heavy atom. The van der Waals surface area contributed by atoms with Gasteiger partial charge in [-0.2, -0.15) is 5.10 Å². The summed E-state index contributed by atoms with van der Waals surface area (Å²) >= 11 is 0. The Balaban J connectivity index is 2.14. The predicted octanol–water partition coefficient (Wildman–Crippen LogP) is 0.364. The number of nitrogens with zero attached hydrogens (tertiary/aromatic N) is 3. The summed E-state index contributed by atoms with van der Waals surface area (Å²) in [6.07, 6.45) is 1.59. The molecule has 0 saturated carbocycles. The van der Waals surface area contributed by atoms with Gasteiger partial charge in [-0.15, -0.1) is 0 Å². The first kappa shape index (κ1) is 14.8. The number of carbonyl (C=O) groups excluding carboxylic acids is 1. The van der Waals surface area contributed by atoms with E-state index in [4.69, 9.17) is 5.73 Å². The largest absolute Gasteiger partial charge is 0.345 e. The number of nitrogens with one attached hydrogen (secondary N) is 1. The van der Waals surface area contributed by atoms with Crippen molar-refractivity contribution in [3.05, 3.63) is 47.0 Å². The molecule has 1 aromatic heterocycles. The lowest BCUT2D eigenvalue weighted by Crippen LogP contribution is -2.24. The highest BCUT2D eigenvalue weighted by molar-refractivity contribution is 5.96. The number of aromatic nitrogens is 3. The van der Waals surface area contributed by atoms with Crippen LogP contribution in [0.4, 0.5) is 0 Å². The highest BCUT2D eigenvalue weighted by Gasteiger charge is 2.11. The van der Waals surface area contributed by atoms with Crippen molar-refractivity contribution >= 4 is 5.91 Å². The van der Waals surface area contributed by atoms with Gasteiger partial charge in [0.25, 0.3) is 5.91 Å².